The summed E-state index contributed by atoms with van der Waals surface area (Å²) in [5.74, 6) is -1.12. The highest BCUT2D eigenvalue weighted by Gasteiger charge is 2.15. The van der Waals surface area contributed by atoms with Crippen molar-refractivity contribution in [2.75, 3.05) is 18.9 Å². The number of carbonyl (C=O) groups excluding carboxylic acids is 1. The summed E-state index contributed by atoms with van der Waals surface area (Å²) in [6, 6.07) is 3.91. The van der Waals surface area contributed by atoms with Crippen LogP contribution in [-0.4, -0.2) is 25.3 Å². The van der Waals surface area contributed by atoms with E-state index in [0.29, 0.717) is 12.7 Å². The first-order valence-electron chi connectivity index (χ1n) is 6.50. The van der Waals surface area contributed by atoms with Gasteiger partial charge in [-0.2, -0.15) is 0 Å². The number of hydrogen-bond acceptors (Lipinski definition) is 4. The second-order valence-corrected chi connectivity index (χ2v) is 4.65. The van der Waals surface area contributed by atoms with Gasteiger partial charge in [-0.3, -0.25) is 0 Å². The maximum Gasteiger partial charge on any atom is 0.338 e. The van der Waals surface area contributed by atoms with Crippen LogP contribution in [0.4, 0.5) is 10.1 Å². The Hall–Kier alpha value is -1.62. The smallest absolute Gasteiger partial charge is 0.338 e. The van der Waals surface area contributed by atoms with Crippen molar-refractivity contribution < 1.29 is 18.7 Å². The van der Waals surface area contributed by atoms with Gasteiger partial charge in [0.05, 0.1) is 24.0 Å². The minimum absolute atomic E-state index is 0.0231. The van der Waals surface area contributed by atoms with Crippen molar-refractivity contribution in [3.63, 3.8) is 0 Å². The van der Waals surface area contributed by atoms with Crippen molar-refractivity contribution in [3.05, 3.63) is 29.6 Å². The van der Waals surface area contributed by atoms with Crippen molar-refractivity contribution in [2.45, 2.75) is 31.8 Å². The summed E-state index contributed by atoms with van der Waals surface area (Å²) < 4.78 is 23.7. The summed E-state index contributed by atoms with van der Waals surface area (Å²) in [6.45, 7) is 1.15. The van der Waals surface area contributed by atoms with E-state index in [2.05, 4.69) is 0 Å². The third-order valence-electron chi connectivity index (χ3n) is 3.16. The molecule has 19 heavy (non-hydrogen) atoms. The van der Waals surface area contributed by atoms with Gasteiger partial charge in [0.15, 0.2) is 0 Å². The molecule has 104 valence electrons. The lowest BCUT2D eigenvalue weighted by Gasteiger charge is -2.09. The number of halogens is 1. The summed E-state index contributed by atoms with van der Waals surface area (Å²) in [5, 5.41) is 0. The number of ether oxygens (including phenoxy) is 2. The Morgan fingerprint density at radius 2 is 2.37 bits per heavy atom. The Kier molecular flexibility index (Phi) is 4.74. The van der Waals surface area contributed by atoms with Crippen LogP contribution in [0.15, 0.2) is 18.2 Å². The van der Waals surface area contributed by atoms with Crippen molar-refractivity contribution in [3.8, 4) is 0 Å². The second kappa shape index (κ2) is 6.52. The summed E-state index contributed by atoms with van der Waals surface area (Å²) in [5.41, 5.74) is 5.55. The molecule has 1 unspecified atom stereocenters. The summed E-state index contributed by atoms with van der Waals surface area (Å²) >= 11 is 0. The van der Waals surface area contributed by atoms with Gasteiger partial charge in [-0.25, -0.2) is 9.18 Å². The fourth-order valence-electron chi connectivity index (χ4n) is 2.09. The molecule has 1 fully saturated rings. The molecule has 0 radical (unpaired) electrons. The van der Waals surface area contributed by atoms with Crippen LogP contribution in [0.5, 0.6) is 0 Å². The van der Waals surface area contributed by atoms with Crippen LogP contribution < -0.4 is 5.73 Å². The molecule has 0 amide bonds. The van der Waals surface area contributed by atoms with Gasteiger partial charge in [0.25, 0.3) is 0 Å². The quantitative estimate of drug-likeness (QED) is 0.506. The molecule has 1 aliphatic heterocycles. The van der Waals surface area contributed by atoms with Gasteiger partial charge in [0.1, 0.15) is 5.82 Å². The zero-order chi connectivity index (χ0) is 13.7. The number of rotatable bonds is 5. The van der Waals surface area contributed by atoms with Crippen molar-refractivity contribution in [1.29, 1.82) is 0 Å². The van der Waals surface area contributed by atoms with E-state index in [1.165, 1.54) is 12.1 Å². The Morgan fingerprint density at radius 1 is 1.53 bits per heavy atom. The highest BCUT2D eigenvalue weighted by molar-refractivity contribution is 5.89. The molecule has 5 heteroatoms. The zero-order valence-electron chi connectivity index (χ0n) is 10.7. The first kappa shape index (κ1) is 13.8. The predicted molar refractivity (Wildman–Crippen MR) is 69.3 cm³/mol. The van der Waals surface area contributed by atoms with E-state index >= 15 is 0 Å². The van der Waals surface area contributed by atoms with Crippen LogP contribution in [0.25, 0.3) is 0 Å². The molecule has 1 saturated heterocycles. The van der Waals surface area contributed by atoms with E-state index < -0.39 is 11.8 Å². The zero-order valence-corrected chi connectivity index (χ0v) is 10.7. The maximum absolute atomic E-state index is 13.2. The van der Waals surface area contributed by atoms with E-state index in [9.17, 15) is 9.18 Å². The van der Waals surface area contributed by atoms with Crippen LogP contribution in [0.3, 0.4) is 0 Å². The van der Waals surface area contributed by atoms with E-state index in [-0.39, 0.29) is 11.3 Å². The summed E-state index contributed by atoms with van der Waals surface area (Å²) in [4.78, 5) is 11.6. The standard InChI is InChI=1S/C14H18FNO3/c15-12-9-10(5-6-13(12)16)14(17)19-8-2-4-11-3-1-7-18-11/h5-6,9,11H,1-4,7-8,16H2. The molecule has 2 N–H and O–H groups in total. The number of nitrogens with two attached hydrogens (primary N) is 1. The van der Waals surface area contributed by atoms with Gasteiger partial charge in [-0.05, 0) is 43.9 Å². The molecule has 0 saturated carbocycles. The van der Waals surface area contributed by atoms with E-state index in [0.717, 1.165) is 38.4 Å². The molecule has 4 nitrogen and oxygen atoms in total. The molecule has 2 rings (SSSR count). The molecule has 1 heterocycles. The summed E-state index contributed by atoms with van der Waals surface area (Å²) in [6.07, 6.45) is 4.14. The highest BCUT2D eigenvalue weighted by atomic mass is 19.1. The van der Waals surface area contributed by atoms with E-state index in [1.807, 2.05) is 0 Å². The molecule has 1 aromatic carbocycles. The Morgan fingerprint density at radius 3 is 3.05 bits per heavy atom. The first-order valence-corrected chi connectivity index (χ1v) is 6.50. The number of esters is 1. The molecule has 0 bridgehead atoms. The van der Waals surface area contributed by atoms with Gasteiger partial charge >= 0.3 is 5.97 Å². The van der Waals surface area contributed by atoms with Crippen molar-refractivity contribution in [1.82, 2.24) is 0 Å². The van der Waals surface area contributed by atoms with Crippen LogP contribution in [0.1, 0.15) is 36.0 Å². The average Bonchev–Trinajstić information content (AvgIpc) is 2.91. The third-order valence-corrected chi connectivity index (χ3v) is 3.16. The highest BCUT2D eigenvalue weighted by Crippen LogP contribution is 2.17. The number of carbonyl (C=O) groups is 1. The third kappa shape index (κ3) is 3.92. The Balaban J connectivity index is 1.72. The van der Waals surface area contributed by atoms with Crippen LogP contribution >= 0.6 is 0 Å². The van der Waals surface area contributed by atoms with Gasteiger partial charge in [0, 0.05) is 6.61 Å². The monoisotopic (exact) mass is 267 g/mol. The topological polar surface area (TPSA) is 61.6 Å². The van der Waals surface area contributed by atoms with Gasteiger partial charge in [-0.1, -0.05) is 0 Å². The fourth-order valence-corrected chi connectivity index (χ4v) is 2.09. The minimum Gasteiger partial charge on any atom is -0.462 e. The number of nitrogen functional groups attached to an aromatic ring is 1. The van der Waals surface area contributed by atoms with Crippen molar-refractivity contribution >= 4 is 11.7 Å². The fraction of sp³-hybridized carbons (Fsp3) is 0.500. The Bertz CT molecular complexity index is 444. The minimum atomic E-state index is -0.603. The summed E-state index contributed by atoms with van der Waals surface area (Å²) in [7, 11) is 0. The van der Waals surface area contributed by atoms with Gasteiger partial charge < -0.3 is 15.2 Å². The second-order valence-electron chi connectivity index (χ2n) is 4.65. The number of hydrogen-bond donors (Lipinski definition) is 1. The van der Waals surface area contributed by atoms with Gasteiger partial charge in [-0.15, -0.1) is 0 Å². The predicted octanol–water partition coefficient (Wildman–Crippen LogP) is 2.52. The largest absolute Gasteiger partial charge is 0.462 e. The molecule has 0 spiro atoms. The molecular formula is C14H18FNO3. The maximum atomic E-state index is 13.2. The molecule has 1 aromatic rings. The molecule has 1 atom stereocenters. The lowest BCUT2D eigenvalue weighted by molar-refractivity contribution is 0.0461. The van der Waals surface area contributed by atoms with Crippen LogP contribution in [0, 0.1) is 5.82 Å². The van der Waals surface area contributed by atoms with Crippen molar-refractivity contribution in [2.24, 2.45) is 0 Å². The lowest BCUT2D eigenvalue weighted by Crippen LogP contribution is -2.10. The van der Waals surface area contributed by atoms with E-state index in [4.69, 9.17) is 15.2 Å². The SMILES string of the molecule is Nc1ccc(C(=O)OCCCC2CCCO2)cc1F. The van der Waals surface area contributed by atoms with Gasteiger partial charge in [0.2, 0.25) is 0 Å². The Labute approximate surface area is 111 Å². The number of benzene rings is 1. The normalized spacial score (nSPS) is 18.5. The molecule has 0 aliphatic carbocycles. The van der Waals surface area contributed by atoms with Crippen LogP contribution in [0.2, 0.25) is 0 Å². The lowest BCUT2D eigenvalue weighted by atomic mass is 10.1. The molecule has 0 aromatic heterocycles. The molecule has 1 aliphatic rings. The average molecular weight is 267 g/mol. The number of anilines is 1. The van der Waals surface area contributed by atoms with Crippen LogP contribution in [-0.2, 0) is 9.47 Å². The molecular weight excluding hydrogens is 249 g/mol. The van der Waals surface area contributed by atoms with E-state index in [1.54, 1.807) is 0 Å². The first-order chi connectivity index (χ1) is 9.16.